The van der Waals surface area contributed by atoms with E-state index in [0.29, 0.717) is 18.2 Å². The predicted molar refractivity (Wildman–Crippen MR) is 97.7 cm³/mol. The molecule has 0 aliphatic carbocycles. The fourth-order valence-electron chi connectivity index (χ4n) is 4.19. The van der Waals surface area contributed by atoms with Gasteiger partial charge in [-0.25, -0.2) is 0 Å². The first-order chi connectivity index (χ1) is 11.6. The molecule has 2 aliphatic heterocycles. The summed E-state index contributed by atoms with van der Waals surface area (Å²) in [7, 11) is 1.72. The number of likely N-dealkylation sites (tertiary alicyclic amines) is 1. The molecule has 3 unspecified atom stereocenters. The topological polar surface area (TPSA) is 24.9 Å². The van der Waals surface area contributed by atoms with Gasteiger partial charge in [0.2, 0.25) is 0 Å². The number of ether oxygens (including phenoxy) is 2. The Morgan fingerprint density at radius 3 is 2.50 bits per heavy atom. The van der Waals surface area contributed by atoms with Crippen molar-refractivity contribution in [2.75, 3.05) is 39.8 Å². The van der Waals surface area contributed by atoms with E-state index in [2.05, 4.69) is 47.9 Å². The van der Waals surface area contributed by atoms with Crippen LogP contribution >= 0.6 is 0 Å². The van der Waals surface area contributed by atoms with Gasteiger partial charge in [-0.05, 0) is 57.4 Å². The van der Waals surface area contributed by atoms with E-state index in [4.69, 9.17) is 9.47 Å². The summed E-state index contributed by atoms with van der Waals surface area (Å²) < 4.78 is 11.1. The van der Waals surface area contributed by atoms with Crippen molar-refractivity contribution in [3.05, 3.63) is 29.8 Å². The van der Waals surface area contributed by atoms with E-state index in [9.17, 15) is 0 Å². The van der Waals surface area contributed by atoms with Crippen molar-refractivity contribution in [1.29, 1.82) is 0 Å². The van der Waals surface area contributed by atoms with Crippen LogP contribution in [0.15, 0.2) is 24.3 Å². The van der Waals surface area contributed by atoms with Crippen LogP contribution < -0.4 is 4.74 Å². The number of hydrogen-bond donors (Lipinski definition) is 0. The highest BCUT2D eigenvalue weighted by atomic mass is 16.5. The molecule has 24 heavy (non-hydrogen) atoms. The van der Waals surface area contributed by atoms with Crippen LogP contribution in [0.3, 0.4) is 0 Å². The lowest BCUT2D eigenvalue weighted by molar-refractivity contribution is -0.0722. The maximum absolute atomic E-state index is 5.87. The molecule has 0 spiro atoms. The monoisotopic (exact) mass is 332 g/mol. The Bertz CT molecular complexity index is 495. The Morgan fingerprint density at radius 2 is 1.83 bits per heavy atom. The maximum Gasteiger partial charge on any atom is 0.118 e. The maximum atomic E-state index is 5.87. The number of morpholine rings is 1. The summed E-state index contributed by atoms with van der Waals surface area (Å²) in [6.07, 6.45) is 4.52. The van der Waals surface area contributed by atoms with Crippen molar-refractivity contribution in [3.8, 4) is 5.75 Å². The quantitative estimate of drug-likeness (QED) is 0.800. The Labute approximate surface area is 146 Å². The zero-order valence-electron chi connectivity index (χ0n) is 15.4. The zero-order valence-corrected chi connectivity index (χ0v) is 15.4. The van der Waals surface area contributed by atoms with Gasteiger partial charge in [-0.1, -0.05) is 12.1 Å². The van der Waals surface area contributed by atoms with Gasteiger partial charge in [0.25, 0.3) is 0 Å². The first-order valence-corrected chi connectivity index (χ1v) is 9.39. The molecule has 0 amide bonds. The summed E-state index contributed by atoms with van der Waals surface area (Å²) in [5, 5.41) is 0. The SMILES string of the molecule is COc1ccc(CCN2CCCC2CN2CC(C)OC(C)C2)cc1. The first kappa shape index (κ1) is 17.7. The number of hydrogen-bond acceptors (Lipinski definition) is 4. The lowest BCUT2D eigenvalue weighted by Gasteiger charge is -2.38. The summed E-state index contributed by atoms with van der Waals surface area (Å²) in [5.41, 5.74) is 1.40. The van der Waals surface area contributed by atoms with E-state index in [1.54, 1.807) is 7.11 Å². The highest BCUT2D eigenvalue weighted by molar-refractivity contribution is 5.27. The molecule has 0 bridgehead atoms. The van der Waals surface area contributed by atoms with Crippen molar-refractivity contribution in [1.82, 2.24) is 9.80 Å². The molecule has 2 fully saturated rings. The van der Waals surface area contributed by atoms with Crippen molar-refractivity contribution < 1.29 is 9.47 Å². The molecule has 3 rings (SSSR count). The molecule has 1 aromatic carbocycles. The minimum Gasteiger partial charge on any atom is -0.497 e. The van der Waals surface area contributed by atoms with E-state index in [0.717, 1.165) is 31.8 Å². The van der Waals surface area contributed by atoms with Crippen LogP contribution in [0.1, 0.15) is 32.3 Å². The van der Waals surface area contributed by atoms with Crippen LogP contribution in [-0.2, 0) is 11.2 Å². The second kappa shape index (κ2) is 8.32. The molecule has 0 N–H and O–H groups in total. The second-order valence-corrected chi connectivity index (χ2v) is 7.41. The summed E-state index contributed by atoms with van der Waals surface area (Å²) in [5.74, 6) is 0.938. The van der Waals surface area contributed by atoms with Gasteiger partial charge < -0.3 is 9.47 Å². The lowest BCUT2D eigenvalue weighted by atomic mass is 10.1. The molecule has 2 saturated heterocycles. The number of methoxy groups -OCH3 is 1. The average Bonchev–Trinajstić information content (AvgIpc) is 2.99. The smallest absolute Gasteiger partial charge is 0.118 e. The van der Waals surface area contributed by atoms with Crippen LogP contribution in [0.4, 0.5) is 0 Å². The molecular formula is C20H32N2O2. The van der Waals surface area contributed by atoms with Crippen molar-refractivity contribution >= 4 is 0 Å². The van der Waals surface area contributed by atoms with Gasteiger partial charge in [0.15, 0.2) is 0 Å². The average molecular weight is 332 g/mol. The lowest BCUT2D eigenvalue weighted by Crippen LogP contribution is -2.50. The van der Waals surface area contributed by atoms with E-state index in [1.807, 2.05) is 0 Å². The van der Waals surface area contributed by atoms with Crippen LogP contribution in [0.5, 0.6) is 5.75 Å². The minimum absolute atomic E-state index is 0.364. The van der Waals surface area contributed by atoms with Gasteiger partial charge in [-0.15, -0.1) is 0 Å². The Hall–Kier alpha value is -1.10. The molecule has 3 atom stereocenters. The van der Waals surface area contributed by atoms with E-state index in [-0.39, 0.29) is 0 Å². The molecule has 4 heteroatoms. The Morgan fingerprint density at radius 1 is 1.12 bits per heavy atom. The Kier molecular flexibility index (Phi) is 6.14. The van der Waals surface area contributed by atoms with Crippen molar-refractivity contribution in [3.63, 3.8) is 0 Å². The normalized spacial score (nSPS) is 29.0. The summed E-state index contributed by atoms with van der Waals surface area (Å²) in [6.45, 7) is 10.1. The van der Waals surface area contributed by atoms with Crippen LogP contribution in [-0.4, -0.2) is 67.9 Å². The summed E-state index contributed by atoms with van der Waals surface area (Å²) in [6, 6.07) is 9.21. The molecule has 1 aromatic rings. The third-order valence-electron chi connectivity index (χ3n) is 5.31. The molecule has 2 aliphatic rings. The predicted octanol–water partition coefficient (Wildman–Crippen LogP) is 2.81. The zero-order chi connectivity index (χ0) is 16.9. The summed E-state index contributed by atoms with van der Waals surface area (Å²) in [4.78, 5) is 5.30. The molecular weight excluding hydrogens is 300 g/mol. The van der Waals surface area contributed by atoms with E-state index < -0.39 is 0 Å². The van der Waals surface area contributed by atoms with Crippen molar-refractivity contribution in [2.24, 2.45) is 0 Å². The van der Waals surface area contributed by atoms with Crippen molar-refractivity contribution in [2.45, 2.75) is 51.4 Å². The van der Waals surface area contributed by atoms with Crippen LogP contribution in [0.2, 0.25) is 0 Å². The fourth-order valence-corrected chi connectivity index (χ4v) is 4.19. The van der Waals surface area contributed by atoms with Gasteiger partial charge in [0.1, 0.15) is 5.75 Å². The number of rotatable bonds is 6. The van der Waals surface area contributed by atoms with E-state index in [1.165, 1.54) is 31.5 Å². The van der Waals surface area contributed by atoms with E-state index >= 15 is 0 Å². The Balaban J connectivity index is 1.49. The molecule has 0 saturated carbocycles. The number of nitrogens with zero attached hydrogens (tertiary/aromatic N) is 2. The standard InChI is InChI=1S/C20H32N2O2/c1-16-13-21(14-17(2)24-16)15-19-5-4-11-22(19)12-10-18-6-8-20(23-3)9-7-18/h6-9,16-17,19H,4-5,10-15H2,1-3H3. The number of benzene rings is 1. The summed E-state index contributed by atoms with van der Waals surface area (Å²) >= 11 is 0. The van der Waals surface area contributed by atoms with Gasteiger partial charge >= 0.3 is 0 Å². The largest absolute Gasteiger partial charge is 0.497 e. The van der Waals surface area contributed by atoms with Gasteiger partial charge in [0.05, 0.1) is 19.3 Å². The molecule has 2 heterocycles. The second-order valence-electron chi connectivity index (χ2n) is 7.41. The molecule has 0 aromatic heterocycles. The third-order valence-corrected chi connectivity index (χ3v) is 5.31. The van der Waals surface area contributed by atoms with Gasteiger partial charge in [-0.3, -0.25) is 9.80 Å². The molecule has 0 radical (unpaired) electrons. The first-order valence-electron chi connectivity index (χ1n) is 9.39. The minimum atomic E-state index is 0.364. The van der Waals surface area contributed by atoms with Gasteiger partial charge in [-0.2, -0.15) is 0 Å². The molecule has 4 nitrogen and oxygen atoms in total. The third kappa shape index (κ3) is 4.71. The molecule has 134 valence electrons. The van der Waals surface area contributed by atoms with Gasteiger partial charge in [0, 0.05) is 32.2 Å². The fraction of sp³-hybridized carbons (Fsp3) is 0.700. The highest BCUT2D eigenvalue weighted by Gasteiger charge is 2.29. The van der Waals surface area contributed by atoms with Crippen LogP contribution in [0, 0.1) is 0 Å². The van der Waals surface area contributed by atoms with Crippen LogP contribution in [0.25, 0.3) is 0 Å². The highest BCUT2D eigenvalue weighted by Crippen LogP contribution is 2.21.